The summed E-state index contributed by atoms with van der Waals surface area (Å²) in [5.41, 5.74) is 6.97. The monoisotopic (exact) mass is 251 g/mol. The zero-order valence-electron chi connectivity index (χ0n) is 10.4. The van der Waals surface area contributed by atoms with Gasteiger partial charge in [0.05, 0.1) is 13.2 Å². The van der Waals surface area contributed by atoms with Crippen LogP contribution < -0.4 is 15.2 Å². The molecule has 1 saturated carbocycles. The summed E-state index contributed by atoms with van der Waals surface area (Å²) in [6, 6.07) is 3.20. The number of nitrogens with two attached hydrogens (primary N) is 1. The van der Waals surface area contributed by atoms with Gasteiger partial charge in [0.1, 0.15) is 0 Å². The minimum Gasteiger partial charge on any atom is -0.489 e. The Bertz CT molecular complexity index is 455. The molecule has 2 N–H and O–H groups in total. The van der Waals surface area contributed by atoms with E-state index in [0.29, 0.717) is 19.0 Å². The van der Waals surface area contributed by atoms with E-state index in [2.05, 4.69) is 0 Å². The average molecular weight is 251 g/mol. The predicted molar refractivity (Wildman–Crippen MR) is 66.3 cm³/mol. The summed E-state index contributed by atoms with van der Waals surface area (Å²) in [5.74, 6) is 0.399. The van der Waals surface area contributed by atoms with E-state index in [1.165, 1.54) is 6.07 Å². The van der Waals surface area contributed by atoms with Crippen LogP contribution in [0.4, 0.5) is 4.39 Å². The van der Waals surface area contributed by atoms with Crippen molar-refractivity contribution in [2.24, 2.45) is 5.73 Å². The summed E-state index contributed by atoms with van der Waals surface area (Å²) in [4.78, 5) is 0. The molecule has 0 spiro atoms. The average Bonchev–Trinajstić information content (AvgIpc) is 2.65. The molecule has 1 heterocycles. The molecule has 3 rings (SSSR count). The number of benzene rings is 1. The first-order chi connectivity index (χ1) is 8.71. The van der Waals surface area contributed by atoms with Gasteiger partial charge >= 0.3 is 0 Å². The van der Waals surface area contributed by atoms with Gasteiger partial charge in [-0.15, -0.1) is 0 Å². The van der Waals surface area contributed by atoms with Crippen LogP contribution in [0.3, 0.4) is 0 Å². The van der Waals surface area contributed by atoms with Crippen LogP contribution in [0.2, 0.25) is 0 Å². The van der Waals surface area contributed by atoms with Crippen molar-refractivity contribution in [3.05, 3.63) is 23.5 Å². The fourth-order valence-corrected chi connectivity index (χ4v) is 2.89. The van der Waals surface area contributed by atoms with Gasteiger partial charge in [-0.3, -0.25) is 0 Å². The standard InChI is InChI=1S/C14H18FNO2/c15-11-5-4-10(14(16)6-1-2-7-14)12-13(11)18-9-3-8-17-12/h4-5H,1-3,6-9,16H2. The van der Waals surface area contributed by atoms with Gasteiger partial charge in [-0.1, -0.05) is 18.9 Å². The van der Waals surface area contributed by atoms with Crippen molar-refractivity contribution in [2.75, 3.05) is 13.2 Å². The minimum atomic E-state index is -0.383. The number of halogens is 1. The Hall–Kier alpha value is -1.29. The Morgan fingerprint density at radius 2 is 1.67 bits per heavy atom. The molecule has 0 unspecified atom stereocenters. The second-order valence-electron chi connectivity index (χ2n) is 5.17. The van der Waals surface area contributed by atoms with Crippen LogP contribution in [0, 0.1) is 5.82 Å². The molecule has 18 heavy (non-hydrogen) atoms. The van der Waals surface area contributed by atoms with E-state index in [-0.39, 0.29) is 17.1 Å². The van der Waals surface area contributed by atoms with E-state index < -0.39 is 0 Å². The van der Waals surface area contributed by atoms with Gasteiger partial charge in [0.2, 0.25) is 0 Å². The lowest BCUT2D eigenvalue weighted by atomic mass is 9.88. The van der Waals surface area contributed by atoms with Crippen LogP contribution in [-0.4, -0.2) is 13.2 Å². The first kappa shape index (κ1) is 11.8. The van der Waals surface area contributed by atoms with E-state index in [4.69, 9.17) is 15.2 Å². The molecule has 1 aromatic carbocycles. The topological polar surface area (TPSA) is 44.5 Å². The summed E-state index contributed by atoms with van der Waals surface area (Å²) in [7, 11) is 0. The third-order valence-electron chi connectivity index (χ3n) is 3.88. The number of rotatable bonds is 1. The molecule has 0 radical (unpaired) electrons. The van der Waals surface area contributed by atoms with Crippen molar-refractivity contribution in [2.45, 2.75) is 37.6 Å². The maximum Gasteiger partial charge on any atom is 0.197 e. The maximum atomic E-state index is 13.8. The molecule has 2 aliphatic rings. The van der Waals surface area contributed by atoms with E-state index in [9.17, 15) is 4.39 Å². The molecule has 0 saturated heterocycles. The highest BCUT2D eigenvalue weighted by Crippen LogP contribution is 2.45. The molecular weight excluding hydrogens is 233 g/mol. The Morgan fingerprint density at radius 1 is 1.00 bits per heavy atom. The summed E-state index contributed by atoms with van der Waals surface area (Å²) < 4.78 is 25.0. The number of fused-ring (bicyclic) bond motifs is 1. The van der Waals surface area contributed by atoms with Gasteiger partial charge in [-0.05, 0) is 18.9 Å². The van der Waals surface area contributed by atoms with Crippen LogP contribution in [-0.2, 0) is 5.54 Å². The highest BCUT2D eigenvalue weighted by molar-refractivity contribution is 5.51. The van der Waals surface area contributed by atoms with Gasteiger partial charge in [0.15, 0.2) is 17.3 Å². The minimum absolute atomic E-state index is 0.238. The van der Waals surface area contributed by atoms with Crippen molar-refractivity contribution in [3.8, 4) is 11.5 Å². The fraction of sp³-hybridized carbons (Fsp3) is 0.571. The van der Waals surface area contributed by atoms with Gasteiger partial charge in [0, 0.05) is 17.5 Å². The summed E-state index contributed by atoms with van der Waals surface area (Å²) in [5, 5.41) is 0. The summed E-state index contributed by atoms with van der Waals surface area (Å²) in [6.07, 6.45) is 4.85. The molecule has 1 fully saturated rings. The van der Waals surface area contributed by atoms with E-state index >= 15 is 0 Å². The number of hydrogen-bond acceptors (Lipinski definition) is 3. The Morgan fingerprint density at radius 3 is 2.39 bits per heavy atom. The Balaban J connectivity index is 2.10. The van der Waals surface area contributed by atoms with Gasteiger partial charge < -0.3 is 15.2 Å². The normalized spacial score (nSPS) is 21.7. The van der Waals surface area contributed by atoms with E-state index in [1.807, 2.05) is 0 Å². The smallest absolute Gasteiger partial charge is 0.197 e. The molecule has 0 amide bonds. The molecule has 0 aromatic heterocycles. The van der Waals surface area contributed by atoms with Crippen molar-refractivity contribution >= 4 is 0 Å². The molecule has 98 valence electrons. The SMILES string of the molecule is NC1(c2ccc(F)c3c2OCCCO3)CCCC1. The second-order valence-corrected chi connectivity index (χ2v) is 5.17. The van der Waals surface area contributed by atoms with Gasteiger partial charge in [-0.2, -0.15) is 0 Å². The largest absolute Gasteiger partial charge is 0.489 e. The quantitative estimate of drug-likeness (QED) is 0.834. The summed E-state index contributed by atoms with van der Waals surface area (Å²) >= 11 is 0. The zero-order valence-corrected chi connectivity index (χ0v) is 10.4. The lowest BCUT2D eigenvalue weighted by molar-refractivity contribution is 0.290. The maximum absolute atomic E-state index is 13.8. The van der Waals surface area contributed by atoms with E-state index in [0.717, 1.165) is 37.7 Å². The van der Waals surface area contributed by atoms with Crippen LogP contribution in [0.1, 0.15) is 37.7 Å². The molecule has 1 aliphatic heterocycles. The van der Waals surface area contributed by atoms with Crippen molar-refractivity contribution in [1.29, 1.82) is 0 Å². The van der Waals surface area contributed by atoms with Crippen LogP contribution in [0.25, 0.3) is 0 Å². The first-order valence-corrected chi connectivity index (χ1v) is 6.58. The van der Waals surface area contributed by atoms with Crippen LogP contribution >= 0.6 is 0 Å². The predicted octanol–water partition coefficient (Wildman–Crippen LogP) is 2.72. The number of ether oxygens (including phenoxy) is 2. The third kappa shape index (κ3) is 1.85. The molecular formula is C14H18FNO2. The number of hydrogen-bond donors (Lipinski definition) is 1. The molecule has 4 heteroatoms. The second kappa shape index (κ2) is 4.43. The third-order valence-corrected chi connectivity index (χ3v) is 3.88. The molecule has 1 aliphatic carbocycles. The van der Waals surface area contributed by atoms with Gasteiger partial charge in [0.25, 0.3) is 0 Å². The van der Waals surface area contributed by atoms with Crippen molar-refractivity contribution in [1.82, 2.24) is 0 Å². The zero-order chi connectivity index (χ0) is 12.6. The molecule has 1 aromatic rings. The molecule has 0 atom stereocenters. The van der Waals surface area contributed by atoms with Gasteiger partial charge in [-0.25, -0.2) is 4.39 Å². The van der Waals surface area contributed by atoms with Crippen molar-refractivity contribution in [3.63, 3.8) is 0 Å². The van der Waals surface area contributed by atoms with Crippen LogP contribution in [0.15, 0.2) is 12.1 Å². The Kier molecular flexibility index (Phi) is 2.90. The first-order valence-electron chi connectivity index (χ1n) is 6.58. The van der Waals surface area contributed by atoms with E-state index in [1.54, 1.807) is 6.07 Å². The molecule has 3 nitrogen and oxygen atoms in total. The highest BCUT2D eigenvalue weighted by atomic mass is 19.1. The lowest BCUT2D eigenvalue weighted by Crippen LogP contribution is -2.33. The van der Waals surface area contributed by atoms with Crippen molar-refractivity contribution < 1.29 is 13.9 Å². The highest BCUT2D eigenvalue weighted by Gasteiger charge is 2.36. The summed E-state index contributed by atoms with van der Waals surface area (Å²) in [6.45, 7) is 1.05. The fourth-order valence-electron chi connectivity index (χ4n) is 2.89. The van der Waals surface area contributed by atoms with Crippen LogP contribution in [0.5, 0.6) is 11.5 Å². The Labute approximate surface area is 106 Å². The molecule has 0 bridgehead atoms. The lowest BCUT2D eigenvalue weighted by Gasteiger charge is -2.27.